The highest BCUT2D eigenvalue weighted by molar-refractivity contribution is 6.10. The van der Waals surface area contributed by atoms with Crippen molar-refractivity contribution in [3.63, 3.8) is 0 Å². The number of imide groups is 1. The first-order valence-electron chi connectivity index (χ1n) is 9.40. The highest BCUT2D eigenvalue weighted by Gasteiger charge is 2.50. The molecule has 1 N–H and O–H groups in total. The van der Waals surface area contributed by atoms with Crippen LogP contribution >= 0.6 is 0 Å². The number of hydrogen-bond acceptors (Lipinski definition) is 4. The van der Waals surface area contributed by atoms with E-state index in [1.165, 1.54) is 0 Å². The number of amides is 4. The van der Waals surface area contributed by atoms with Gasteiger partial charge in [0.1, 0.15) is 12.1 Å². The van der Waals surface area contributed by atoms with Crippen LogP contribution in [-0.2, 0) is 21.5 Å². The predicted molar refractivity (Wildman–Crippen MR) is 106 cm³/mol. The van der Waals surface area contributed by atoms with Gasteiger partial charge < -0.3 is 10.2 Å². The molecule has 0 aromatic heterocycles. The number of anilines is 1. The summed E-state index contributed by atoms with van der Waals surface area (Å²) < 4.78 is 0. The Morgan fingerprint density at radius 2 is 1.90 bits per heavy atom. The summed E-state index contributed by atoms with van der Waals surface area (Å²) in [4.78, 5) is 41.3. The summed E-state index contributed by atoms with van der Waals surface area (Å²) in [6.45, 7) is 3.23. The number of carbonyl (C=O) groups excluding carboxylic acids is 3. The SMILES string of the molecule is C[C@@H]1Cc2ccccc2N1C(=O)CN1C(=O)N[C@@](C)(c2ccc(C#N)cc2)C1=O. The number of para-hydroxylation sites is 1. The molecule has 0 radical (unpaired) electrons. The summed E-state index contributed by atoms with van der Waals surface area (Å²) >= 11 is 0. The first-order valence-corrected chi connectivity index (χ1v) is 9.40. The molecule has 2 aliphatic heterocycles. The predicted octanol–water partition coefficient (Wildman–Crippen LogP) is 2.30. The van der Waals surface area contributed by atoms with Crippen molar-refractivity contribution in [1.82, 2.24) is 10.2 Å². The summed E-state index contributed by atoms with van der Waals surface area (Å²) in [7, 11) is 0. The molecule has 2 aliphatic rings. The molecule has 2 heterocycles. The Balaban J connectivity index is 1.57. The maximum absolute atomic E-state index is 13.1. The zero-order valence-corrected chi connectivity index (χ0v) is 16.2. The summed E-state index contributed by atoms with van der Waals surface area (Å²) in [5.74, 6) is -0.782. The van der Waals surface area contributed by atoms with Crippen LogP contribution in [-0.4, -0.2) is 35.3 Å². The van der Waals surface area contributed by atoms with Gasteiger partial charge in [-0.3, -0.25) is 14.5 Å². The van der Waals surface area contributed by atoms with Crippen molar-refractivity contribution in [2.45, 2.75) is 31.8 Å². The molecule has 2 aromatic carbocycles. The van der Waals surface area contributed by atoms with Crippen molar-refractivity contribution in [3.8, 4) is 6.07 Å². The van der Waals surface area contributed by atoms with Gasteiger partial charge in [-0.2, -0.15) is 5.26 Å². The van der Waals surface area contributed by atoms with Gasteiger partial charge in [-0.05, 0) is 49.6 Å². The lowest BCUT2D eigenvalue weighted by molar-refractivity contribution is -0.134. The number of nitrogens with zero attached hydrogens (tertiary/aromatic N) is 3. The van der Waals surface area contributed by atoms with Crippen LogP contribution in [0.4, 0.5) is 10.5 Å². The van der Waals surface area contributed by atoms with E-state index in [1.807, 2.05) is 37.3 Å². The summed E-state index contributed by atoms with van der Waals surface area (Å²) in [5, 5.41) is 11.6. The molecule has 7 heteroatoms. The van der Waals surface area contributed by atoms with Crippen molar-refractivity contribution in [3.05, 3.63) is 65.2 Å². The van der Waals surface area contributed by atoms with Gasteiger partial charge in [0, 0.05) is 11.7 Å². The molecule has 29 heavy (non-hydrogen) atoms. The molecular formula is C22H20N4O3. The molecule has 2 atom stereocenters. The van der Waals surface area contributed by atoms with Crippen molar-refractivity contribution in [2.75, 3.05) is 11.4 Å². The fourth-order valence-electron chi connectivity index (χ4n) is 4.07. The molecule has 7 nitrogen and oxygen atoms in total. The third-order valence-corrected chi connectivity index (χ3v) is 5.64. The van der Waals surface area contributed by atoms with Crippen LogP contribution in [0.3, 0.4) is 0 Å². The molecular weight excluding hydrogens is 368 g/mol. The second-order valence-corrected chi connectivity index (χ2v) is 7.58. The summed E-state index contributed by atoms with van der Waals surface area (Å²) in [6.07, 6.45) is 0.741. The van der Waals surface area contributed by atoms with Crippen LogP contribution in [0.5, 0.6) is 0 Å². The fraction of sp³-hybridized carbons (Fsp3) is 0.273. The van der Waals surface area contributed by atoms with E-state index in [-0.39, 0.29) is 18.5 Å². The van der Waals surface area contributed by atoms with Crippen LogP contribution in [0.2, 0.25) is 0 Å². The molecule has 1 saturated heterocycles. The smallest absolute Gasteiger partial charge is 0.319 e. The van der Waals surface area contributed by atoms with Crippen LogP contribution in [0.15, 0.2) is 48.5 Å². The fourth-order valence-corrected chi connectivity index (χ4v) is 4.07. The minimum Gasteiger partial charge on any atom is -0.319 e. The van der Waals surface area contributed by atoms with E-state index in [9.17, 15) is 14.4 Å². The van der Waals surface area contributed by atoms with Crippen molar-refractivity contribution in [2.24, 2.45) is 0 Å². The van der Waals surface area contributed by atoms with Crippen LogP contribution < -0.4 is 10.2 Å². The van der Waals surface area contributed by atoms with E-state index >= 15 is 0 Å². The van der Waals surface area contributed by atoms with Crippen molar-refractivity contribution < 1.29 is 14.4 Å². The normalized spacial score (nSPS) is 23.0. The molecule has 2 aromatic rings. The Kier molecular flexibility index (Phi) is 4.35. The van der Waals surface area contributed by atoms with Gasteiger partial charge in [-0.15, -0.1) is 0 Å². The highest BCUT2D eigenvalue weighted by Crippen LogP contribution is 2.33. The lowest BCUT2D eigenvalue weighted by Crippen LogP contribution is -2.46. The van der Waals surface area contributed by atoms with E-state index in [2.05, 4.69) is 5.32 Å². The molecule has 0 saturated carbocycles. The van der Waals surface area contributed by atoms with Crippen LogP contribution in [0, 0.1) is 11.3 Å². The minimum absolute atomic E-state index is 0.0365. The number of nitriles is 1. The molecule has 4 rings (SSSR count). The molecule has 4 amide bonds. The van der Waals surface area contributed by atoms with Gasteiger partial charge >= 0.3 is 6.03 Å². The monoisotopic (exact) mass is 388 g/mol. The van der Waals surface area contributed by atoms with E-state index < -0.39 is 17.5 Å². The van der Waals surface area contributed by atoms with Gasteiger partial charge in [0.15, 0.2) is 0 Å². The van der Waals surface area contributed by atoms with Gasteiger partial charge in [0.05, 0.1) is 11.6 Å². The largest absolute Gasteiger partial charge is 0.325 e. The Hall–Kier alpha value is -3.66. The number of nitrogens with one attached hydrogen (secondary N) is 1. The molecule has 1 fully saturated rings. The van der Waals surface area contributed by atoms with Gasteiger partial charge in [0.25, 0.3) is 5.91 Å². The lowest BCUT2D eigenvalue weighted by Gasteiger charge is -2.25. The Bertz CT molecular complexity index is 1060. The number of carbonyl (C=O) groups is 3. The van der Waals surface area contributed by atoms with Gasteiger partial charge in [-0.25, -0.2) is 4.79 Å². The summed E-state index contributed by atoms with van der Waals surface area (Å²) in [5.41, 5.74) is 1.65. The third-order valence-electron chi connectivity index (χ3n) is 5.64. The molecule has 0 aliphatic carbocycles. The molecule has 0 unspecified atom stereocenters. The van der Waals surface area contributed by atoms with Crippen LogP contribution in [0.25, 0.3) is 0 Å². The Morgan fingerprint density at radius 1 is 1.21 bits per heavy atom. The standard InChI is InChI=1S/C22H20N4O3/c1-14-11-16-5-3-4-6-18(16)26(14)19(27)13-25-20(28)22(2,24-21(25)29)17-9-7-15(12-23)8-10-17/h3-10,14H,11,13H2,1-2H3,(H,24,29)/t14-,22+/m1/s1. The van der Waals surface area contributed by atoms with Gasteiger partial charge in [0.2, 0.25) is 5.91 Å². The van der Waals surface area contributed by atoms with Crippen molar-refractivity contribution >= 4 is 23.5 Å². The van der Waals surface area contributed by atoms with Crippen LogP contribution in [0.1, 0.15) is 30.5 Å². The first kappa shape index (κ1) is 18.7. The quantitative estimate of drug-likeness (QED) is 0.817. The van der Waals surface area contributed by atoms with Crippen molar-refractivity contribution in [1.29, 1.82) is 5.26 Å². The maximum Gasteiger partial charge on any atom is 0.325 e. The van der Waals surface area contributed by atoms with E-state index in [0.29, 0.717) is 11.1 Å². The molecule has 146 valence electrons. The topological polar surface area (TPSA) is 93.5 Å². The second kappa shape index (κ2) is 6.74. The molecule has 0 bridgehead atoms. The summed E-state index contributed by atoms with van der Waals surface area (Å²) in [6, 6.07) is 15.5. The zero-order valence-electron chi connectivity index (χ0n) is 16.2. The zero-order chi connectivity index (χ0) is 20.8. The highest BCUT2D eigenvalue weighted by atomic mass is 16.2. The van der Waals surface area contributed by atoms with Gasteiger partial charge in [-0.1, -0.05) is 30.3 Å². The lowest BCUT2D eigenvalue weighted by atomic mass is 9.91. The Labute approximate surface area is 168 Å². The molecule has 0 spiro atoms. The van der Waals surface area contributed by atoms with E-state index in [0.717, 1.165) is 22.6 Å². The van der Waals surface area contributed by atoms with E-state index in [1.54, 1.807) is 36.1 Å². The Morgan fingerprint density at radius 3 is 2.59 bits per heavy atom. The van der Waals surface area contributed by atoms with E-state index in [4.69, 9.17) is 5.26 Å². The number of rotatable bonds is 3. The number of benzene rings is 2. The minimum atomic E-state index is -1.28. The third kappa shape index (κ3) is 2.93. The average molecular weight is 388 g/mol. The average Bonchev–Trinajstić information content (AvgIpc) is 3.16. The number of fused-ring (bicyclic) bond motifs is 1. The number of hydrogen-bond donors (Lipinski definition) is 1. The first-order chi connectivity index (χ1) is 13.8. The number of urea groups is 1. The maximum atomic E-state index is 13.1. The second-order valence-electron chi connectivity index (χ2n) is 7.58.